The molecule has 0 atom stereocenters. The van der Waals surface area contributed by atoms with E-state index in [1.54, 1.807) is 18.2 Å². The number of nitrogens with zero attached hydrogens (tertiary/aromatic N) is 1. The largest absolute Gasteiger partial charge is 0.504 e. The maximum absolute atomic E-state index is 10.6. The average Bonchev–Trinajstić information content (AvgIpc) is 2.79. The molecule has 1 aliphatic carbocycles. The van der Waals surface area contributed by atoms with Gasteiger partial charge in [0.15, 0.2) is 11.5 Å². The van der Waals surface area contributed by atoms with Crippen LogP contribution in [-0.2, 0) is 10.3 Å². The zero-order valence-corrected chi connectivity index (χ0v) is 10.8. The molecule has 1 saturated carbocycles. The molecule has 1 N–H and O–H groups in total. The van der Waals surface area contributed by atoms with E-state index < -0.39 is 5.54 Å². The summed E-state index contributed by atoms with van der Waals surface area (Å²) in [6, 6.07) is 3.35. The van der Waals surface area contributed by atoms with Crippen LogP contribution in [0.3, 0.4) is 0 Å². The van der Waals surface area contributed by atoms with E-state index in [2.05, 4.69) is 4.99 Å². The van der Waals surface area contributed by atoms with E-state index in [4.69, 9.17) is 16.3 Å². The number of isocyanates is 1. The molecule has 0 aliphatic heterocycles. The summed E-state index contributed by atoms with van der Waals surface area (Å²) in [5.41, 5.74) is -0.0893. The third-order valence-electron chi connectivity index (χ3n) is 3.48. The van der Waals surface area contributed by atoms with Gasteiger partial charge in [0.25, 0.3) is 0 Å². The van der Waals surface area contributed by atoms with Crippen LogP contribution in [-0.4, -0.2) is 18.3 Å². The van der Waals surface area contributed by atoms with Gasteiger partial charge >= 0.3 is 0 Å². The Labute approximate surface area is 110 Å². The van der Waals surface area contributed by atoms with Crippen molar-refractivity contribution in [3.05, 3.63) is 22.7 Å². The highest BCUT2D eigenvalue weighted by Gasteiger charge is 2.38. The SMILES string of the molecule is COc1c(Cl)ccc(C2(N=C=O)CCCC2)c1O. The Kier molecular flexibility index (Phi) is 3.60. The first-order chi connectivity index (χ1) is 8.64. The highest BCUT2D eigenvalue weighted by molar-refractivity contribution is 6.32. The molecule has 0 bridgehead atoms. The van der Waals surface area contributed by atoms with Gasteiger partial charge in [0.1, 0.15) is 5.54 Å². The quantitative estimate of drug-likeness (QED) is 0.676. The molecular formula is C13H14ClNO3. The van der Waals surface area contributed by atoms with Crippen molar-refractivity contribution in [1.82, 2.24) is 0 Å². The number of halogens is 1. The molecule has 18 heavy (non-hydrogen) atoms. The van der Waals surface area contributed by atoms with E-state index >= 15 is 0 Å². The van der Waals surface area contributed by atoms with Crippen LogP contribution in [0.5, 0.6) is 11.5 Å². The van der Waals surface area contributed by atoms with Crippen molar-refractivity contribution in [2.75, 3.05) is 7.11 Å². The lowest BCUT2D eigenvalue weighted by Gasteiger charge is -2.24. The minimum absolute atomic E-state index is 0.0362. The number of rotatable bonds is 3. The first-order valence-corrected chi connectivity index (χ1v) is 6.17. The smallest absolute Gasteiger partial charge is 0.235 e. The van der Waals surface area contributed by atoms with Crippen LogP contribution in [0, 0.1) is 0 Å². The van der Waals surface area contributed by atoms with Crippen LogP contribution in [0.4, 0.5) is 0 Å². The Bertz CT molecular complexity index is 503. The molecule has 0 radical (unpaired) electrons. The van der Waals surface area contributed by atoms with Crippen LogP contribution in [0.2, 0.25) is 5.02 Å². The molecule has 0 spiro atoms. The Morgan fingerprint density at radius 3 is 2.67 bits per heavy atom. The van der Waals surface area contributed by atoms with Crippen LogP contribution in [0.1, 0.15) is 31.2 Å². The first-order valence-electron chi connectivity index (χ1n) is 5.79. The molecule has 1 aliphatic rings. The van der Waals surface area contributed by atoms with E-state index in [1.165, 1.54) is 7.11 Å². The van der Waals surface area contributed by atoms with Gasteiger partial charge in [0.05, 0.1) is 12.1 Å². The summed E-state index contributed by atoms with van der Waals surface area (Å²) >= 11 is 5.94. The van der Waals surface area contributed by atoms with Crippen molar-refractivity contribution < 1.29 is 14.6 Å². The van der Waals surface area contributed by atoms with Crippen molar-refractivity contribution in [3.63, 3.8) is 0 Å². The van der Waals surface area contributed by atoms with Gasteiger partial charge in [0.2, 0.25) is 6.08 Å². The Morgan fingerprint density at radius 1 is 1.44 bits per heavy atom. The van der Waals surface area contributed by atoms with Gasteiger partial charge in [-0.1, -0.05) is 30.5 Å². The summed E-state index contributed by atoms with van der Waals surface area (Å²) in [4.78, 5) is 14.6. The van der Waals surface area contributed by atoms with Gasteiger partial charge in [-0.3, -0.25) is 0 Å². The molecule has 0 saturated heterocycles. The number of hydrogen-bond donors (Lipinski definition) is 1. The summed E-state index contributed by atoms with van der Waals surface area (Å²) in [6.07, 6.45) is 5.00. The molecule has 0 amide bonds. The molecule has 2 rings (SSSR count). The summed E-state index contributed by atoms with van der Waals surface area (Å²) in [5, 5.41) is 10.6. The summed E-state index contributed by atoms with van der Waals surface area (Å²) in [7, 11) is 1.44. The van der Waals surface area contributed by atoms with Crippen LogP contribution in [0.25, 0.3) is 0 Å². The Hall–Kier alpha value is -1.51. The number of benzene rings is 1. The zero-order chi connectivity index (χ0) is 13.2. The normalized spacial score (nSPS) is 17.2. The highest BCUT2D eigenvalue weighted by Crippen LogP contribution is 2.49. The fourth-order valence-electron chi connectivity index (χ4n) is 2.60. The number of hydrogen-bond acceptors (Lipinski definition) is 4. The van der Waals surface area contributed by atoms with E-state index in [1.807, 2.05) is 0 Å². The third-order valence-corrected chi connectivity index (χ3v) is 3.78. The second kappa shape index (κ2) is 5.01. The molecule has 4 nitrogen and oxygen atoms in total. The first kappa shape index (κ1) is 12.9. The van der Waals surface area contributed by atoms with Crippen molar-refractivity contribution >= 4 is 17.7 Å². The Morgan fingerprint density at radius 2 is 2.11 bits per heavy atom. The lowest BCUT2D eigenvalue weighted by molar-refractivity contribution is 0.355. The van der Waals surface area contributed by atoms with Crippen LogP contribution in [0.15, 0.2) is 17.1 Å². The maximum Gasteiger partial charge on any atom is 0.235 e. The monoisotopic (exact) mass is 267 g/mol. The highest BCUT2D eigenvalue weighted by atomic mass is 35.5. The number of aliphatic imine (C=N–C) groups is 1. The van der Waals surface area contributed by atoms with Crippen LogP contribution >= 0.6 is 11.6 Å². The number of ether oxygens (including phenoxy) is 1. The lowest BCUT2D eigenvalue weighted by atomic mass is 9.88. The van der Waals surface area contributed by atoms with Crippen LogP contribution < -0.4 is 4.74 Å². The number of methoxy groups -OCH3 is 1. The van der Waals surface area contributed by atoms with E-state index in [0.29, 0.717) is 10.6 Å². The maximum atomic E-state index is 10.6. The number of phenols is 1. The summed E-state index contributed by atoms with van der Waals surface area (Å²) < 4.78 is 5.08. The van der Waals surface area contributed by atoms with E-state index in [-0.39, 0.29) is 11.5 Å². The van der Waals surface area contributed by atoms with Gasteiger partial charge < -0.3 is 9.84 Å². The second-order valence-electron chi connectivity index (χ2n) is 4.42. The standard InChI is InChI=1S/C13H14ClNO3/c1-18-12-10(14)5-4-9(11(12)17)13(15-8-16)6-2-3-7-13/h4-5,17H,2-3,6-7H2,1H3. The number of aromatic hydroxyl groups is 1. The van der Waals surface area contributed by atoms with Crippen molar-refractivity contribution in [1.29, 1.82) is 0 Å². The average molecular weight is 268 g/mol. The third kappa shape index (κ3) is 1.98. The molecule has 0 aromatic heterocycles. The lowest BCUT2D eigenvalue weighted by Crippen LogP contribution is -2.19. The molecule has 1 aromatic carbocycles. The van der Waals surface area contributed by atoms with Gasteiger partial charge in [-0.15, -0.1) is 0 Å². The van der Waals surface area contributed by atoms with Crippen molar-refractivity contribution in [2.45, 2.75) is 31.2 Å². The van der Waals surface area contributed by atoms with Crippen molar-refractivity contribution in [3.8, 4) is 11.5 Å². The predicted octanol–water partition coefficient (Wildman–Crippen LogP) is 3.16. The summed E-state index contributed by atoms with van der Waals surface area (Å²) in [6.45, 7) is 0. The minimum Gasteiger partial charge on any atom is -0.504 e. The minimum atomic E-state index is -0.677. The topological polar surface area (TPSA) is 58.9 Å². The fourth-order valence-corrected chi connectivity index (χ4v) is 2.83. The fraction of sp³-hybridized carbons (Fsp3) is 0.462. The molecule has 1 fully saturated rings. The van der Waals surface area contributed by atoms with Crippen molar-refractivity contribution in [2.24, 2.45) is 4.99 Å². The van der Waals surface area contributed by atoms with Gasteiger partial charge in [0, 0.05) is 5.56 Å². The Balaban J connectivity index is 2.59. The molecule has 1 aromatic rings. The number of carbonyl (C=O) groups excluding carboxylic acids is 1. The van der Waals surface area contributed by atoms with Gasteiger partial charge in [-0.25, -0.2) is 4.79 Å². The molecule has 0 heterocycles. The molecule has 96 valence electrons. The van der Waals surface area contributed by atoms with E-state index in [0.717, 1.165) is 25.7 Å². The zero-order valence-electron chi connectivity index (χ0n) is 10.1. The van der Waals surface area contributed by atoms with Gasteiger partial charge in [-0.05, 0) is 18.9 Å². The number of phenolic OH excluding ortho intramolecular Hbond substituents is 1. The van der Waals surface area contributed by atoms with E-state index in [9.17, 15) is 9.90 Å². The van der Waals surface area contributed by atoms with Gasteiger partial charge in [-0.2, -0.15) is 4.99 Å². The second-order valence-corrected chi connectivity index (χ2v) is 4.83. The predicted molar refractivity (Wildman–Crippen MR) is 67.9 cm³/mol. The molecular weight excluding hydrogens is 254 g/mol. The summed E-state index contributed by atoms with van der Waals surface area (Å²) in [5.74, 6) is 0.187. The molecule has 0 unspecified atom stereocenters. The molecule has 5 heteroatoms.